The number of aromatic hydroxyl groups is 1. The number of benzene rings is 2. The lowest BCUT2D eigenvalue weighted by molar-refractivity contribution is -0.113. The number of anilines is 1. The number of rotatable bonds is 3. The first-order valence-corrected chi connectivity index (χ1v) is 9.61. The van der Waals surface area contributed by atoms with Crippen molar-refractivity contribution in [3.63, 3.8) is 0 Å². The van der Waals surface area contributed by atoms with E-state index in [2.05, 4.69) is 10.3 Å². The van der Waals surface area contributed by atoms with Gasteiger partial charge in [0.25, 0.3) is 0 Å². The van der Waals surface area contributed by atoms with Crippen molar-refractivity contribution in [1.82, 2.24) is 9.55 Å². The summed E-state index contributed by atoms with van der Waals surface area (Å²) in [5, 5.41) is 13.5. The predicted octanol–water partition coefficient (Wildman–Crippen LogP) is 4.01. The van der Waals surface area contributed by atoms with E-state index in [0.717, 1.165) is 16.9 Å². The summed E-state index contributed by atoms with van der Waals surface area (Å²) in [6.45, 7) is 0. The number of halogens is 1. The standard InChI is InChI=1S/C19H16ClN3O3S/c1-26-15-7-2-11(8-14(15)24)18-17-19(22-16(25)9-27-18)21-10-23(17)13-5-3-12(20)4-6-13/h2-8,10,18,24H,9H2,1H3,(H,22,25). The largest absolute Gasteiger partial charge is 0.504 e. The van der Waals surface area contributed by atoms with E-state index in [4.69, 9.17) is 16.3 Å². The van der Waals surface area contributed by atoms with Crippen molar-refractivity contribution >= 4 is 35.1 Å². The molecule has 4 rings (SSSR count). The first-order valence-electron chi connectivity index (χ1n) is 8.18. The van der Waals surface area contributed by atoms with Gasteiger partial charge >= 0.3 is 0 Å². The van der Waals surface area contributed by atoms with E-state index < -0.39 is 0 Å². The average Bonchev–Trinajstić information content (AvgIpc) is 2.98. The minimum Gasteiger partial charge on any atom is -0.504 e. The lowest BCUT2D eigenvalue weighted by Crippen LogP contribution is -2.12. The van der Waals surface area contributed by atoms with Gasteiger partial charge in [-0.05, 0) is 42.0 Å². The first-order chi connectivity index (χ1) is 13.1. The third-order valence-electron chi connectivity index (χ3n) is 4.30. The number of methoxy groups -OCH3 is 1. The molecule has 138 valence electrons. The number of nitrogens with one attached hydrogen (secondary N) is 1. The molecule has 2 heterocycles. The zero-order chi connectivity index (χ0) is 19.0. The second-order valence-electron chi connectivity index (χ2n) is 6.00. The smallest absolute Gasteiger partial charge is 0.235 e. The van der Waals surface area contributed by atoms with E-state index in [0.29, 0.717) is 16.6 Å². The van der Waals surface area contributed by atoms with Gasteiger partial charge in [0.2, 0.25) is 5.91 Å². The summed E-state index contributed by atoms with van der Waals surface area (Å²) in [6.07, 6.45) is 1.68. The fourth-order valence-corrected chi connectivity index (χ4v) is 4.28. The Morgan fingerprint density at radius 3 is 2.78 bits per heavy atom. The number of imidazole rings is 1. The van der Waals surface area contributed by atoms with E-state index in [1.54, 1.807) is 30.6 Å². The molecule has 0 spiro atoms. The average molecular weight is 402 g/mol. The van der Waals surface area contributed by atoms with Crippen molar-refractivity contribution < 1.29 is 14.6 Å². The summed E-state index contributed by atoms with van der Waals surface area (Å²) in [4.78, 5) is 16.5. The van der Waals surface area contributed by atoms with Crippen molar-refractivity contribution in [2.75, 3.05) is 18.2 Å². The maximum atomic E-state index is 12.1. The highest BCUT2D eigenvalue weighted by molar-refractivity contribution is 8.00. The number of ether oxygens (including phenoxy) is 1. The number of fused-ring (bicyclic) bond motifs is 1. The van der Waals surface area contributed by atoms with Gasteiger partial charge in [-0.15, -0.1) is 11.8 Å². The molecule has 2 N–H and O–H groups in total. The SMILES string of the molecule is COc1ccc(C2SCC(=O)Nc3ncn(-c4ccc(Cl)cc4)c32)cc1O. The highest BCUT2D eigenvalue weighted by Crippen LogP contribution is 2.43. The molecule has 27 heavy (non-hydrogen) atoms. The molecule has 0 saturated carbocycles. The third kappa shape index (κ3) is 3.36. The highest BCUT2D eigenvalue weighted by Gasteiger charge is 2.29. The van der Waals surface area contributed by atoms with E-state index in [1.807, 2.05) is 22.8 Å². The Bertz CT molecular complexity index is 1000. The number of carbonyl (C=O) groups is 1. The second kappa shape index (κ2) is 7.17. The lowest BCUT2D eigenvalue weighted by Gasteiger charge is -2.19. The van der Waals surface area contributed by atoms with Crippen molar-refractivity contribution in [3.05, 3.63) is 65.1 Å². The molecule has 1 atom stereocenters. The summed E-state index contributed by atoms with van der Waals surface area (Å²) in [6, 6.07) is 12.7. The Labute approximate surface area is 165 Å². The fourth-order valence-electron chi connectivity index (χ4n) is 3.04. The van der Waals surface area contributed by atoms with Crippen LogP contribution in [0.4, 0.5) is 5.82 Å². The molecule has 0 bridgehead atoms. The Kier molecular flexibility index (Phi) is 4.72. The quantitative estimate of drug-likeness (QED) is 0.693. The molecule has 1 aliphatic rings. The molecule has 1 unspecified atom stereocenters. The van der Waals surface area contributed by atoms with Gasteiger partial charge in [-0.1, -0.05) is 17.7 Å². The number of aromatic nitrogens is 2. The molecule has 0 radical (unpaired) electrons. The highest BCUT2D eigenvalue weighted by atomic mass is 35.5. The molecule has 0 fully saturated rings. The predicted molar refractivity (Wildman–Crippen MR) is 106 cm³/mol. The fraction of sp³-hybridized carbons (Fsp3) is 0.158. The van der Waals surface area contributed by atoms with Crippen LogP contribution in [0.15, 0.2) is 48.8 Å². The van der Waals surface area contributed by atoms with Crippen molar-refractivity contribution in [1.29, 1.82) is 0 Å². The first kappa shape index (κ1) is 17.8. The number of phenols is 1. The van der Waals surface area contributed by atoms with Crippen LogP contribution in [-0.4, -0.2) is 33.4 Å². The van der Waals surface area contributed by atoms with Crippen LogP contribution in [0.3, 0.4) is 0 Å². The van der Waals surface area contributed by atoms with Crippen LogP contribution in [-0.2, 0) is 4.79 Å². The van der Waals surface area contributed by atoms with Gasteiger partial charge in [-0.2, -0.15) is 0 Å². The number of amides is 1. The third-order valence-corrected chi connectivity index (χ3v) is 5.81. The van der Waals surface area contributed by atoms with E-state index in [-0.39, 0.29) is 22.7 Å². The van der Waals surface area contributed by atoms with Crippen LogP contribution in [0.1, 0.15) is 16.5 Å². The normalized spacial score (nSPS) is 16.4. The molecule has 0 saturated heterocycles. The number of hydrogen-bond acceptors (Lipinski definition) is 5. The number of thioether (sulfide) groups is 1. The minimum absolute atomic E-state index is 0.0539. The van der Waals surface area contributed by atoms with E-state index in [1.165, 1.54) is 18.9 Å². The van der Waals surface area contributed by atoms with Crippen LogP contribution in [0.2, 0.25) is 5.02 Å². The number of nitrogens with zero attached hydrogens (tertiary/aromatic N) is 2. The second-order valence-corrected chi connectivity index (χ2v) is 7.53. The monoisotopic (exact) mass is 401 g/mol. The molecule has 1 aliphatic heterocycles. The van der Waals surface area contributed by atoms with Gasteiger partial charge in [0.1, 0.15) is 6.33 Å². The van der Waals surface area contributed by atoms with Crippen LogP contribution < -0.4 is 10.1 Å². The topological polar surface area (TPSA) is 76.4 Å². The van der Waals surface area contributed by atoms with Gasteiger partial charge < -0.3 is 15.2 Å². The minimum atomic E-state index is -0.200. The molecule has 2 aromatic carbocycles. The summed E-state index contributed by atoms with van der Waals surface area (Å²) in [5.41, 5.74) is 2.57. The molecule has 3 aromatic rings. The number of carbonyl (C=O) groups excluding carboxylic acids is 1. The van der Waals surface area contributed by atoms with Crippen molar-refractivity contribution in [3.8, 4) is 17.2 Å². The maximum absolute atomic E-state index is 12.1. The van der Waals surface area contributed by atoms with Crippen LogP contribution in [0.5, 0.6) is 11.5 Å². The Hall–Kier alpha value is -2.64. The summed E-state index contributed by atoms with van der Waals surface area (Å²) in [7, 11) is 1.51. The van der Waals surface area contributed by atoms with Gasteiger partial charge in [-0.3, -0.25) is 9.36 Å². The van der Waals surface area contributed by atoms with Crippen LogP contribution >= 0.6 is 23.4 Å². The molecule has 8 heteroatoms. The molecular formula is C19H16ClN3O3S. The summed E-state index contributed by atoms with van der Waals surface area (Å²) in [5.74, 6) is 1.15. The maximum Gasteiger partial charge on any atom is 0.235 e. The van der Waals surface area contributed by atoms with Crippen molar-refractivity contribution in [2.45, 2.75) is 5.25 Å². The van der Waals surface area contributed by atoms with Gasteiger partial charge in [0.05, 0.1) is 23.8 Å². The Balaban J connectivity index is 1.85. The number of phenolic OH excluding ortho intramolecular Hbond substituents is 1. The van der Waals surface area contributed by atoms with Gasteiger partial charge in [-0.25, -0.2) is 4.98 Å². The zero-order valence-corrected chi connectivity index (χ0v) is 15.9. The summed E-state index contributed by atoms with van der Waals surface area (Å²) >= 11 is 7.48. The van der Waals surface area contributed by atoms with E-state index >= 15 is 0 Å². The molecule has 0 aliphatic carbocycles. The number of hydrogen-bond donors (Lipinski definition) is 2. The van der Waals surface area contributed by atoms with Crippen molar-refractivity contribution in [2.24, 2.45) is 0 Å². The Morgan fingerprint density at radius 1 is 1.30 bits per heavy atom. The van der Waals surface area contributed by atoms with Crippen LogP contribution in [0, 0.1) is 0 Å². The van der Waals surface area contributed by atoms with Gasteiger partial charge in [0.15, 0.2) is 17.3 Å². The molecule has 6 nitrogen and oxygen atoms in total. The van der Waals surface area contributed by atoms with Crippen LogP contribution in [0.25, 0.3) is 5.69 Å². The Morgan fingerprint density at radius 2 is 2.07 bits per heavy atom. The lowest BCUT2D eigenvalue weighted by atomic mass is 10.1. The molecule has 1 aromatic heterocycles. The zero-order valence-electron chi connectivity index (χ0n) is 14.3. The van der Waals surface area contributed by atoms with Gasteiger partial charge in [0, 0.05) is 10.7 Å². The summed E-state index contributed by atoms with van der Waals surface area (Å²) < 4.78 is 7.06. The molecule has 1 amide bonds. The molecular weight excluding hydrogens is 386 g/mol. The van der Waals surface area contributed by atoms with E-state index in [9.17, 15) is 9.90 Å².